The molecule has 0 atom stereocenters. The second kappa shape index (κ2) is 7.56. The molecule has 0 aromatic heterocycles. The van der Waals surface area contributed by atoms with Crippen molar-refractivity contribution >= 4 is 13.2 Å². The molecule has 0 N–H and O–H groups in total. The average Bonchev–Trinajstić information content (AvgIpc) is 2.64. The van der Waals surface area contributed by atoms with E-state index in [4.69, 9.17) is 13.6 Å². The topological polar surface area (TPSA) is 44.8 Å². The van der Waals surface area contributed by atoms with E-state index >= 15 is 0 Å². The lowest BCUT2D eigenvalue weighted by molar-refractivity contribution is 0.378. The van der Waals surface area contributed by atoms with E-state index in [0.717, 1.165) is 0 Å². The van der Waals surface area contributed by atoms with Gasteiger partial charge in [0.15, 0.2) is 0 Å². The number of rotatable bonds is 6. The molecule has 0 fully saturated rings. The maximum atomic E-state index is 11.8. The first-order chi connectivity index (χ1) is 11.8. The van der Waals surface area contributed by atoms with Crippen LogP contribution in [0.1, 0.15) is 0 Å². The zero-order valence-electron chi connectivity index (χ0n) is 12.7. The third-order valence-electron chi connectivity index (χ3n) is 3.02. The Morgan fingerprint density at radius 3 is 1.08 bits per heavy atom. The standard InChI is InChI=1S/C19H15O4P/c20-16-24(21-17-10-4-1-5-11-17,22-18-12-6-2-7-13-18)23-19-14-8-3-9-15-19/h1-15H. The van der Waals surface area contributed by atoms with E-state index < -0.39 is 7.57 Å². The van der Waals surface area contributed by atoms with Crippen LogP contribution >= 0.6 is 7.57 Å². The highest BCUT2D eigenvalue weighted by Gasteiger charge is 2.29. The van der Waals surface area contributed by atoms with Gasteiger partial charge in [0.2, 0.25) is 5.66 Å². The van der Waals surface area contributed by atoms with Crippen LogP contribution in [0, 0.1) is 0 Å². The third kappa shape index (κ3) is 4.08. The molecular formula is C19H15O4P. The van der Waals surface area contributed by atoms with Crippen molar-refractivity contribution < 1.29 is 18.4 Å². The van der Waals surface area contributed by atoms with Gasteiger partial charge in [0.1, 0.15) is 17.2 Å². The van der Waals surface area contributed by atoms with Crippen LogP contribution in [0.4, 0.5) is 0 Å². The molecule has 5 heteroatoms. The highest BCUT2D eigenvalue weighted by molar-refractivity contribution is 7.61. The van der Waals surface area contributed by atoms with Crippen molar-refractivity contribution in [2.75, 3.05) is 0 Å². The Balaban J connectivity index is 1.96. The summed E-state index contributed by atoms with van der Waals surface area (Å²) in [5, 5.41) is 0. The largest absolute Gasteiger partial charge is 0.506 e. The molecule has 0 aliphatic carbocycles. The van der Waals surface area contributed by atoms with Gasteiger partial charge in [0, 0.05) is 0 Å². The molecule has 3 aromatic carbocycles. The van der Waals surface area contributed by atoms with Gasteiger partial charge in [-0.2, -0.15) is 0 Å². The van der Waals surface area contributed by atoms with Crippen LogP contribution in [0.25, 0.3) is 0 Å². The molecule has 0 bridgehead atoms. The molecule has 3 rings (SSSR count). The Morgan fingerprint density at radius 2 is 0.833 bits per heavy atom. The molecule has 0 unspecified atom stereocenters. The van der Waals surface area contributed by atoms with Gasteiger partial charge in [0.05, 0.1) is 0 Å². The molecule has 0 amide bonds. The summed E-state index contributed by atoms with van der Waals surface area (Å²) < 4.78 is 17.4. The normalized spacial score (nSPS) is 10.5. The monoisotopic (exact) mass is 338 g/mol. The lowest BCUT2D eigenvalue weighted by Crippen LogP contribution is -2.08. The summed E-state index contributed by atoms with van der Waals surface area (Å²) in [6, 6.07) is 26.8. The molecular weight excluding hydrogens is 323 g/mol. The highest BCUT2D eigenvalue weighted by Crippen LogP contribution is 2.49. The molecule has 120 valence electrons. The first-order valence-corrected chi connectivity index (χ1v) is 8.86. The summed E-state index contributed by atoms with van der Waals surface area (Å²) in [5.74, 6) is 1.42. The Bertz CT molecular complexity index is 736. The minimum absolute atomic E-state index is 0.473. The Morgan fingerprint density at radius 1 is 0.542 bits per heavy atom. The SMILES string of the molecule is O=C=P(Oc1ccccc1)(Oc1ccccc1)Oc1ccccc1. The van der Waals surface area contributed by atoms with Crippen molar-refractivity contribution in [3.8, 4) is 17.2 Å². The summed E-state index contributed by atoms with van der Waals surface area (Å²) >= 11 is 0. The smallest absolute Gasteiger partial charge is 0.407 e. The molecule has 0 radical (unpaired) electrons. The number of para-hydroxylation sites is 3. The second-order valence-electron chi connectivity index (χ2n) is 4.80. The van der Waals surface area contributed by atoms with E-state index in [0.29, 0.717) is 17.2 Å². The zero-order valence-corrected chi connectivity index (χ0v) is 13.6. The average molecular weight is 338 g/mol. The number of hydrogen-bond donors (Lipinski definition) is 0. The maximum Gasteiger partial charge on any atom is 0.506 e. The van der Waals surface area contributed by atoms with Crippen molar-refractivity contribution in [1.29, 1.82) is 0 Å². The number of hydrogen-bond acceptors (Lipinski definition) is 4. The molecule has 4 nitrogen and oxygen atoms in total. The Labute approximate surface area is 140 Å². The fourth-order valence-electron chi connectivity index (χ4n) is 1.97. The second-order valence-corrected chi connectivity index (χ2v) is 6.53. The first kappa shape index (κ1) is 15.9. The molecule has 0 aliphatic rings. The Kier molecular flexibility index (Phi) is 5.02. The van der Waals surface area contributed by atoms with Gasteiger partial charge in [-0.25, -0.2) is 4.79 Å². The summed E-state index contributed by atoms with van der Waals surface area (Å²) in [7, 11) is -3.45. The summed E-state index contributed by atoms with van der Waals surface area (Å²) in [5.41, 5.74) is 1.86. The molecule has 0 heterocycles. The quantitative estimate of drug-likeness (QED) is 0.590. The molecule has 0 aliphatic heterocycles. The van der Waals surface area contributed by atoms with E-state index in [1.807, 2.05) is 23.9 Å². The highest BCUT2D eigenvalue weighted by atomic mass is 31.2. The van der Waals surface area contributed by atoms with E-state index in [1.165, 1.54) is 0 Å². The summed E-state index contributed by atoms with van der Waals surface area (Å²) in [4.78, 5) is 11.8. The van der Waals surface area contributed by atoms with Crippen LogP contribution in [-0.4, -0.2) is 5.66 Å². The predicted molar refractivity (Wildman–Crippen MR) is 93.8 cm³/mol. The fourth-order valence-corrected chi connectivity index (χ4v) is 3.39. The van der Waals surface area contributed by atoms with Crippen LogP contribution in [0.2, 0.25) is 0 Å². The van der Waals surface area contributed by atoms with Gasteiger partial charge in [-0.3, -0.25) is 0 Å². The van der Waals surface area contributed by atoms with Crippen molar-refractivity contribution in [3.05, 3.63) is 91.0 Å². The van der Waals surface area contributed by atoms with E-state index in [2.05, 4.69) is 0 Å². The van der Waals surface area contributed by atoms with Gasteiger partial charge in [0.25, 0.3) is 0 Å². The van der Waals surface area contributed by atoms with Gasteiger partial charge in [-0.1, -0.05) is 54.6 Å². The minimum Gasteiger partial charge on any atom is -0.407 e. The minimum atomic E-state index is -3.45. The van der Waals surface area contributed by atoms with Crippen LogP contribution in [0.5, 0.6) is 17.2 Å². The van der Waals surface area contributed by atoms with Crippen LogP contribution in [-0.2, 0) is 4.79 Å². The van der Waals surface area contributed by atoms with Crippen molar-refractivity contribution in [2.24, 2.45) is 0 Å². The molecule has 3 aromatic rings. The van der Waals surface area contributed by atoms with E-state index in [1.54, 1.807) is 72.8 Å². The van der Waals surface area contributed by atoms with Gasteiger partial charge < -0.3 is 13.6 Å². The maximum absolute atomic E-state index is 11.8. The third-order valence-corrected chi connectivity index (χ3v) is 4.60. The lowest BCUT2D eigenvalue weighted by atomic mass is 10.3. The summed E-state index contributed by atoms with van der Waals surface area (Å²) in [6.45, 7) is 0. The van der Waals surface area contributed by atoms with Crippen molar-refractivity contribution in [3.63, 3.8) is 0 Å². The molecule has 24 heavy (non-hydrogen) atoms. The van der Waals surface area contributed by atoms with Crippen LogP contribution in [0.15, 0.2) is 91.0 Å². The van der Waals surface area contributed by atoms with Gasteiger partial charge >= 0.3 is 7.57 Å². The number of benzene rings is 3. The predicted octanol–water partition coefficient (Wildman–Crippen LogP) is 5.05. The van der Waals surface area contributed by atoms with Crippen molar-refractivity contribution in [1.82, 2.24) is 0 Å². The zero-order chi connectivity index (χ0) is 16.7. The molecule has 0 spiro atoms. The molecule has 0 saturated carbocycles. The fraction of sp³-hybridized carbons (Fsp3) is 0. The van der Waals surface area contributed by atoms with Crippen LogP contribution in [0.3, 0.4) is 0 Å². The van der Waals surface area contributed by atoms with Gasteiger partial charge in [-0.15, -0.1) is 0 Å². The first-order valence-electron chi connectivity index (χ1n) is 7.32. The van der Waals surface area contributed by atoms with Crippen molar-refractivity contribution in [2.45, 2.75) is 0 Å². The summed E-state index contributed by atoms with van der Waals surface area (Å²) in [6.07, 6.45) is 0. The molecule has 0 saturated heterocycles. The Hall–Kier alpha value is -2.93. The van der Waals surface area contributed by atoms with Gasteiger partial charge in [-0.05, 0) is 36.4 Å². The lowest BCUT2D eigenvalue weighted by Gasteiger charge is -2.22. The van der Waals surface area contributed by atoms with Crippen LogP contribution < -0.4 is 13.6 Å². The van der Waals surface area contributed by atoms with E-state index in [-0.39, 0.29) is 0 Å². The van der Waals surface area contributed by atoms with E-state index in [9.17, 15) is 4.79 Å². The number of carbonyl (C=O) groups excluding carboxylic acids is 1.